The van der Waals surface area contributed by atoms with Gasteiger partial charge in [0.2, 0.25) is 5.91 Å². The normalized spacial score (nSPS) is 18.7. The zero-order valence-electron chi connectivity index (χ0n) is 12.2. The number of amides is 1. The SMILES string of the molecule is COc1ccc(NC(=O)CN2CCNC(C)C2)cc1Cl.Cl. The fraction of sp³-hybridized carbons (Fsp3) is 0.500. The summed E-state index contributed by atoms with van der Waals surface area (Å²) in [6, 6.07) is 5.64. The number of carbonyl (C=O) groups excluding carboxylic acids is 1. The Kier molecular flexibility index (Phi) is 7.25. The van der Waals surface area contributed by atoms with Crippen molar-refractivity contribution in [3.63, 3.8) is 0 Å². The Balaban J connectivity index is 0.00000220. The van der Waals surface area contributed by atoms with Crippen LogP contribution in [-0.2, 0) is 4.79 Å². The standard InChI is InChI=1S/C14H20ClN3O2.ClH/c1-10-8-18(6-5-16-10)9-14(19)17-11-3-4-13(20-2)12(15)7-11;/h3-4,7,10,16H,5-6,8-9H2,1-2H3,(H,17,19);1H. The Hall–Kier alpha value is -1.01. The van der Waals surface area contributed by atoms with Gasteiger partial charge in [-0.3, -0.25) is 9.69 Å². The molecule has 0 spiro atoms. The second kappa shape index (κ2) is 8.44. The van der Waals surface area contributed by atoms with Crippen molar-refractivity contribution in [3.8, 4) is 5.75 Å². The lowest BCUT2D eigenvalue weighted by atomic mass is 10.2. The molecule has 2 rings (SSSR count). The van der Waals surface area contributed by atoms with Crippen molar-refractivity contribution in [1.82, 2.24) is 10.2 Å². The van der Waals surface area contributed by atoms with Crippen LogP contribution >= 0.6 is 24.0 Å². The minimum Gasteiger partial charge on any atom is -0.495 e. The second-order valence-electron chi connectivity index (χ2n) is 4.99. The summed E-state index contributed by atoms with van der Waals surface area (Å²) in [7, 11) is 1.56. The molecule has 1 aromatic rings. The lowest BCUT2D eigenvalue weighted by Gasteiger charge is -2.31. The van der Waals surface area contributed by atoms with E-state index in [1.165, 1.54) is 0 Å². The van der Waals surface area contributed by atoms with Crippen molar-refractivity contribution < 1.29 is 9.53 Å². The molecule has 1 saturated heterocycles. The number of benzene rings is 1. The van der Waals surface area contributed by atoms with Gasteiger partial charge < -0.3 is 15.4 Å². The van der Waals surface area contributed by atoms with Crippen LogP contribution in [0.3, 0.4) is 0 Å². The Labute approximate surface area is 136 Å². The molecule has 1 aromatic carbocycles. The van der Waals surface area contributed by atoms with Crippen molar-refractivity contribution in [2.24, 2.45) is 0 Å². The number of piperazine rings is 1. The summed E-state index contributed by atoms with van der Waals surface area (Å²) in [5, 5.41) is 6.69. The lowest BCUT2D eigenvalue weighted by Crippen LogP contribution is -2.51. The van der Waals surface area contributed by atoms with Crippen LogP contribution in [0.1, 0.15) is 6.92 Å². The molecule has 7 heteroatoms. The van der Waals surface area contributed by atoms with Crippen molar-refractivity contribution in [3.05, 3.63) is 23.2 Å². The van der Waals surface area contributed by atoms with Crippen LogP contribution in [0.15, 0.2) is 18.2 Å². The molecule has 1 amide bonds. The van der Waals surface area contributed by atoms with Crippen LogP contribution in [0.25, 0.3) is 0 Å². The molecule has 21 heavy (non-hydrogen) atoms. The summed E-state index contributed by atoms with van der Waals surface area (Å²) >= 11 is 6.03. The fourth-order valence-corrected chi connectivity index (χ4v) is 2.56. The van der Waals surface area contributed by atoms with Gasteiger partial charge in [0.05, 0.1) is 18.7 Å². The van der Waals surface area contributed by atoms with Gasteiger partial charge in [0, 0.05) is 31.4 Å². The van der Waals surface area contributed by atoms with Gasteiger partial charge >= 0.3 is 0 Å². The largest absolute Gasteiger partial charge is 0.495 e. The van der Waals surface area contributed by atoms with E-state index in [4.69, 9.17) is 16.3 Å². The molecule has 1 atom stereocenters. The van der Waals surface area contributed by atoms with E-state index in [-0.39, 0.29) is 18.3 Å². The third kappa shape index (κ3) is 5.36. The first kappa shape index (κ1) is 18.0. The highest BCUT2D eigenvalue weighted by Crippen LogP contribution is 2.27. The third-order valence-electron chi connectivity index (χ3n) is 3.26. The Bertz CT molecular complexity index is 485. The van der Waals surface area contributed by atoms with Crippen molar-refractivity contribution in [2.75, 3.05) is 38.6 Å². The molecule has 0 bridgehead atoms. The van der Waals surface area contributed by atoms with E-state index in [1.807, 2.05) is 0 Å². The first-order valence-electron chi connectivity index (χ1n) is 6.67. The Morgan fingerprint density at radius 3 is 2.95 bits per heavy atom. The molecule has 0 aromatic heterocycles. The highest BCUT2D eigenvalue weighted by Gasteiger charge is 2.18. The number of rotatable bonds is 4. The molecular weight excluding hydrogens is 313 g/mol. The summed E-state index contributed by atoms with van der Waals surface area (Å²) in [5.74, 6) is 0.570. The summed E-state index contributed by atoms with van der Waals surface area (Å²) in [5.41, 5.74) is 0.684. The lowest BCUT2D eigenvalue weighted by molar-refractivity contribution is -0.117. The minimum absolute atomic E-state index is 0. The molecule has 1 fully saturated rings. The van der Waals surface area contributed by atoms with E-state index >= 15 is 0 Å². The van der Waals surface area contributed by atoms with Crippen LogP contribution < -0.4 is 15.4 Å². The summed E-state index contributed by atoms with van der Waals surface area (Å²) in [6.07, 6.45) is 0. The second-order valence-corrected chi connectivity index (χ2v) is 5.39. The first-order valence-corrected chi connectivity index (χ1v) is 7.05. The highest BCUT2D eigenvalue weighted by atomic mass is 35.5. The topological polar surface area (TPSA) is 53.6 Å². The molecule has 1 heterocycles. The fourth-order valence-electron chi connectivity index (χ4n) is 2.30. The Morgan fingerprint density at radius 1 is 1.57 bits per heavy atom. The number of anilines is 1. The van der Waals surface area contributed by atoms with Crippen LogP contribution in [0.4, 0.5) is 5.69 Å². The smallest absolute Gasteiger partial charge is 0.238 e. The number of hydrogen-bond donors (Lipinski definition) is 2. The van der Waals surface area contributed by atoms with Crippen molar-refractivity contribution >= 4 is 35.6 Å². The van der Waals surface area contributed by atoms with Gasteiger partial charge in [0.1, 0.15) is 5.75 Å². The zero-order chi connectivity index (χ0) is 14.5. The van der Waals surface area contributed by atoms with Crippen LogP contribution in [0.5, 0.6) is 5.75 Å². The molecule has 1 unspecified atom stereocenters. The monoisotopic (exact) mass is 333 g/mol. The highest BCUT2D eigenvalue weighted by molar-refractivity contribution is 6.32. The molecule has 5 nitrogen and oxygen atoms in total. The Morgan fingerprint density at radius 2 is 2.33 bits per heavy atom. The minimum atomic E-state index is -0.0275. The van der Waals surface area contributed by atoms with Gasteiger partial charge in [0.15, 0.2) is 0 Å². The van der Waals surface area contributed by atoms with E-state index in [2.05, 4.69) is 22.5 Å². The number of nitrogens with zero attached hydrogens (tertiary/aromatic N) is 1. The number of ether oxygens (including phenoxy) is 1. The van der Waals surface area contributed by atoms with Crippen LogP contribution in [0, 0.1) is 0 Å². The number of nitrogens with one attached hydrogen (secondary N) is 2. The van der Waals surface area contributed by atoms with Crippen LogP contribution in [0.2, 0.25) is 5.02 Å². The van der Waals surface area contributed by atoms with E-state index in [9.17, 15) is 4.79 Å². The maximum Gasteiger partial charge on any atom is 0.238 e. The molecule has 1 aliphatic heterocycles. The van der Waals surface area contributed by atoms with E-state index in [1.54, 1.807) is 25.3 Å². The van der Waals surface area contributed by atoms with E-state index in [0.717, 1.165) is 19.6 Å². The maximum absolute atomic E-state index is 12.0. The van der Waals surface area contributed by atoms with Gasteiger partial charge in [-0.25, -0.2) is 0 Å². The summed E-state index contributed by atoms with van der Waals surface area (Å²) in [6.45, 7) is 5.21. The molecule has 2 N–H and O–H groups in total. The van der Waals surface area contributed by atoms with E-state index < -0.39 is 0 Å². The maximum atomic E-state index is 12.0. The number of carbonyl (C=O) groups is 1. The van der Waals surface area contributed by atoms with Gasteiger partial charge in [-0.2, -0.15) is 0 Å². The first-order chi connectivity index (χ1) is 9.58. The predicted octanol–water partition coefficient (Wildman–Crippen LogP) is 2.00. The average Bonchev–Trinajstić information content (AvgIpc) is 2.38. The van der Waals surface area contributed by atoms with Crippen molar-refractivity contribution in [1.29, 1.82) is 0 Å². The summed E-state index contributed by atoms with van der Waals surface area (Å²) in [4.78, 5) is 14.1. The molecule has 0 saturated carbocycles. The molecule has 118 valence electrons. The summed E-state index contributed by atoms with van der Waals surface area (Å²) < 4.78 is 5.08. The molecule has 0 radical (unpaired) electrons. The number of hydrogen-bond acceptors (Lipinski definition) is 4. The van der Waals surface area contributed by atoms with Gasteiger partial charge in [-0.1, -0.05) is 11.6 Å². The van der Waals surface area contributed by atoms with E-state index in [0.29, 0.717) is 29.0 Å². The number of methoxy groups -OCH3 is 1. The zero-order valence-corrected chi connectivity index (χ0v) is 13.8. The van der Waals surface area contributed by atoms with Crippen molar-refractivity contribution in [2.45, 2.75) is 13.0 Å². The molecular formula is C14H21Cl2N3O2. The number of halogens is 2. The quantitative estimate of drug-likeness (QED) is 0.884. The molecule has 0 aliphatic carbocycles. The van der Waals surface area contributed by atoms with Gasteiger partial charge in [0.25, 0.3) is 0 Å². The van der Waals surface area contributed by atoms with Gasteiger partial charge in [-0.15, -0.1) is 12.4 Å². The molecule has 1 aliphatic rings. The van der Waals surface area contributed by atoms with Crippen LogP contribution in [-0.4, -0.2) is 50.1 Å². The average molecular weight is 334 g/mol. The van der Waals surface area contributed by atoms with Gasteiger partial charge in [-0.05, 0) is 25.1 Å². The third-order valence-corrected chi connectivity index (χ3v) is 3.55. The predicted molar refractivity (Wildman–Crippen MR) is 87.8 cm³/mol.